The summed E-state index contributed by atoms with van der Waals surface area (Å²) in [6, 6.07) is 0. The van der Waals surface area contributed by atoms with Crippen molar-refractivity contribution in [1.82, 2.24) is 4.90 Å². The Hall–Kier alpha value is -0.220. The van der Waals surface area contributed by atoms with Gasteiger partial charge >= 0.3 is 0 Å². The zero-order chi connectivity index (χ0) is 15.3. The van der Waals surface area contributed by atoms with Gasteiger partial charge in [0.25, 0.3) is 5.92 Å². The number of rotatable bonds is 7. The first-order chi connectivity index (χ1) is 9.32. The van der Waals surface area contributed by atoms with Crippen LogP contribution >= 0.6 is 0 Å². The fourth-order valence-electron chi connectivity index (χ4n) is 2.90. The van der Waals surface area contributed by atoms with Crippen LogP contribution in [0.3, 0.4) is 0 Å². The second kappa shape index (κ2) is 7.69. The monoisotopic (exact) mass is 291 g/mol. The van der Waals surface area contributed by atoms with E-state index in [0.29, 0.717) is 6.54 Å². The molecule has 0 amide bonds. The molecule has 1 fully saturated rings. The summed E-state index contributed by atoms with van der Waals surface area (Å²) in [7, 11) is 1.41. The maximum Gasteiger partial charge on any atom is 0.277 e. The van der Waals surface area contributed by atoms with E-state index in [4.69, 9.17) is 4.74 Å². The highest BCUT2D eigenvalue weighted by molar-refractivity contribution is 4.87. The van der Waals surface area contributed by atoms with Gasteiger partial charge in [-0.2, -0.15) is 0 Å². The highest BCUT2D eigenvalue weighted by atomic mass is 19.3. The van der Waals surface area contributed by atoms with E-state index in [0.717, 1.165) is 31.8 Å². The molecule has 4 heteroatoms. The van der Waals surface area contributed by atoms with E-state index in [9.17, 15) is 8.78 Å². The minimum absolute atomic E-state index is 0.0477. The van der Waals surface area contributed by atoms with Gasteiger partial charge in [-0.15, -0.1) is 0 Å². The number of halogens is 2. The van der Waals surface area contributed by atoms with Gasteiger partial charge in [0, 0.05) is 19.6 Å². The number of nitrogens with zero attached hydrogens (tertiary/aromatic N) is 1. The lowest BCUT2D eigenvalue weighted by Crippen LogP contribution is -2.50. The van der Waals surface area contributed by atoms with Crippen molar-refractivity contribution in [3.05, 3.63) is 0 Å². The standard InChI is InChI=1S/C16H31F2NO/c1-6-14-7-9-19(10-8-14)11-15(20-5)16(17,18)13(4)12(2)3/h12-15H,6-11H2,1-5H3. The molecule has 0 radical (unpaired) electrons. The van der Waals surface area contributed by atoms with Gasteiger partial charge in [0.15, 0.2) is 0 Å². The van der Waals surface area contributed by atoms with E-state index in [1.807, 2.05) is 13.8 Å². The minimum Gasteiger partial charge on any atom is -0.374 e. The van der Waals surface area contributed by atoms with Gasteiger partial charge < -0.3 is 9.64 Å². The van der Waals surface area contributed by atoms with E-state index >= 15 is 0 Å². The summed E-state index contributed by atoms with van der Waals surface area (Å²) in [6.07, 6.45) is 2.44. The maximum atomic E-state index is 14.5. The molecular formula is C16H31F2NO. The summed E-state index contributed by atoms with van der Waals surface area (Å²) in [5.41, 5.74) is 0. The Morgan fingerprint density at radius 3 is 2.15 bits per heavy atom. The van der Waals surface area contributed by atoms with Gasteiger partial charge in [0.1, 0.15) is 6.10 Å². The second-order valence-electron chi connectivity index (χ2n) is 6.58. The molecule has 1 aliphatic heterocycles. The average molecular weight is 291 g/mol. The van der Waals surface area contributed by atoms with Crippen molar-refractivity contribution < 1.29 is 13.5 Å². The molecule has 1 heterocycles. The van der Waals surface area contributed by atoms with Crippen molar-refractivity contribution in [2.75, 3.05) is 26.7 Å². The summed E-state index contributed by atoms with van der Waals surface area (Å²) in [5.74, 6) is -2.72. The number of likely N-dealkylation sites (tertiary alicyclic amines) is 1. The third kappa shape index (κ3) is 4.39. The Morgan fingerprint density at radius 1 is 1.20 bits per heavy atom. The van der Waals surface area contributed by atoms with E-state index in [1.54, 1.807) is 6.92 Å². The predicted octanol–water partition coefficient (Wildman–Crippen LogP) is 4.05. The Labute approximate surface area is 122 Å². The lowest BCUT2D eigenvalue weighted by Gasteiger charge is -2.38. The van der Waals surface area contributed by atoms with Gasteiger partial charge in [-0.25, -0.2) is 8.78 Å². The van der Waals surface area contributed by atoms with E-state index in [2.05, 4.69) is 11.8 Å². The summed E-state index contributed by atoms with van der Waals surface area (Å²) >= 11 is 0. The average Bonchev–Trinajstić information content (AvgIpc) is 2.44. The molecule has 1 aliphatic rings. The van der Waals surface area contributed by atoms with Crippen LogP contribution in [0, 0.1) is 17.8 Å². The van der Waals surface area contributed by atoms with Gasteiger partial charge in [0.05, 0.1) is 0 Å². The van der Waals surface area contributed by atoms with Gasteiger partial charge in [-0.05, 0) is 37.8 Å². The summed E-state index contributed by atoms with van der Waals surface area (Å²) in [5, 5.41) is 0. The number of ether oxygens (including phenoxy) is 1. The molecule has 0 spiro atoms. The van der Waals surface area contributed by atoms with Crippen LogP contribution in [0.15, 0.2) is 0 Å². The quantitative estimate of drug-likeness (QED) is 0.701. The first kappa shape index (κ1) is 17.8. The smallest absolute Gasteiger partial charge is 0.277 e. The Balaban J connectivity index is 2.58. The van der Waals surface area contributed by atoms with Crippen LogP contribution in [0.5, 0.6) is 0 Å². The number of alkyl halides is 2. The zero-order valence-corrected chi connectivity index (χ0v) is 13.7. The van der Waals surface area contributed by atoms with Crippen LogP contribution in [0.2, 0.25) is 0 Å². The molecule has 0 N–H and O–H groups in total. The lowest BCUT2D eigenvalue weighted by atomic mass is 9.87. The number of methoxy groups -OCH3 is 1. The SMILES string of the molecule is CCC1CCN(CC(OC)C(F)(F)C(C)C(C)C)CC1. The summed E-state index contributed by atoms with van der Waals surface area (Å²) in [4.78, 5) is 2.14. The van der Waals surface area contributed by atoms with Gasteiger partial charge in [0.2, 0.25) is 0 Å². The van der Waals surface area contributed by atoms with Crippen molar-refractivity contribution in [3.63, 3.8) is 0 Å². The first-order valence-corrected chi connectivity index (χ1v) is 7.95. The number of hydrogen-bond donors (Lipinski definition) is 0. The molecular weight excluding hydrogens is 260 g/mol. The summed E-state index contributed by atoms with van der Waals surface area (Å²) < 4.78 is 34.1. The number of piperidine rings is 1. The lowest BCUT2D eigenvalue weighted by molar-refractivity contribution is -0.172. The van der Waals surface area contributed by atoms with E-state index < -0.39 is 17.9 Å². The van der Waals surface area contributed by atoms with Crippen LogP contribution in [0.1, 0.15) is 47.0 Å². The fourth-order valence-corrected chi connectivity index (χ4v) is 2.90. The highest BCUT2D eigenvalue weighted by Gasteiger charge is 2.46. The predicted molar refractivity (Wildman–Crippen MR) is 79.2 cm³/mol. The second-order valence-corrected chi connectivity index (χ2v) is 6.58. The van der Waals surface area contributed by atoms with Gasteiger partial charge in [-0.1, -0.05) is 34.1 Å². The first-order valence-electron chi connectivity index (χ1n) is 7.95. The van der Waals surface area contributed by atoms with Crippen molar-refractivity contribution >= 4 is 0 Å². The molecule has 2 nitrogen and oxygen atoms in total. The molecule has 2 unspecified atom stereocenters. The van der Waals surface area contributed by atoms with Crippen LogP contribution in [0.25, 0.3) is 0 Å². The topological polar surface area (TPSA) is 12.5 Å². The zero-order valence-electron chi connectivity index (χ0n) is 13.7. The number of hydrogen-bond acceptors (Lipinski definition) is 2. The van der Waals surface area contributed by atoms with Crippen molar-refractivity contribution in [2.24, 2.45) is 17.8 Å². The highest BCUT2D eigenvalue weighted by Crippen LogP contribution is 2.35. The third-order valence-electron chi connectivity index (χ3n) is 5.03. The van der Waals surface area contributed by atoms with E-state index in [-0.39, 0.29) is 5.92 Å². The Morgan fingerprint density at radius 2 is 1.75 bits per heavy atom. The molecule has 0 bridgehead atoms. The van der Waals surface area contributed by atoms with Crippen LogP contribution in [-0.2, 0) is 4.74 Å². The molecule has 0 aliphatic carbocycles. The molecule has 2 atom stereocenters. The molecule has 0 aromatic carbocycles. The molecule has 1 saturated heterocycles. The van der Waals surface area contributed by atoms with Crippen LogP contribution in [0.4, 0.5) is 8.78 Å². The van der Waals surface area contributed by atoms with Crippen LogP contribution < -0.4 is 0 Å². The Kier molecular flexibility index (Phi) is 6.86. The van der Waals surface area contributed by atoms with Crippen molar-refractivity contribution in [1.29, 1.82) is 0 Å². The molecule has 20 heavy (non-hydrogen) atoms. The van der Waals surface area contributed by atoms with Gasteiger partial charge in [-0.3, -0.25) is 0 Å². The fraction of sp³-hybridized carbons (Fsp3) is 1.00. The molecule has 0 saturated carbocycles. The largest absolute Gasteiger partial charge is 0.374 e. The molecule has 1 rings (SSSR count). The molecule has 0 aromatic heterocycles. The Bertz CT molecular complexity index is 276. The normalized spacial score (nSPS) is 22.2. The van der Waals surface area contributed by atoms with Crippen molar-refractivity contribution in [3.8, 4) is 0 Å². The van der Waals surface area contributed by atoms with Crippen LogP contribution in [-0.4, -0.2) is 43.7 Å². The maximum absolute atomic E-state index is 14.5. The molecule has 120 valence electrons. The third-order valence-corrected chi connectivity index (χ3v) is 5.03. The summed E-state index contributed by atoms with van der Waals surface area (Å²) in [6.45, 7) is 9.71. The van der Waals surface area contributed by atoms with E-state index in [1.165, 1.54) is 13.5 Å². The van der Waals surface area contributed by atoms with Crippen molar-refractivity contribution in [2.45, 2.75) is 59.0 Å². The minimum atomic E-state index is -2.77. The molecule has 0 aromatic rings.